The average Bonchev–Trinajstić information content (AvgIpc) is 3.23. The molecular formula is C21H16BrIN4O2. The molecule has 1 amide bonds. The van der Waals surface area contributed by atoms with E-state index in [-0.39, 0.29) is 5.76 Å². The fraction of sp³-hybridized carbons (Fsp3) is 0.0952. The van der Waals surface area contributed by atoms with Crippen LogP contribution in [0.3, 0.4) is 0 Å². The lowest BCUT2D eigenvalue weighted by Gasteiger charge is -2.07. The Morgan fingerprint density at radius 2 is 2.10 bits per heavy atom. The predicted octanol–water partition coefficient (Wildman–Crippen LogP) is 5.37. The quantitative estimate of drug-likeness (QED) is 0.206. The van der Waals surface area contributed by atoms with Crippen molar-refractivity contribution in [1.29, 1.82) is 0 Å². The van der Waals surface area contributed by atoms with E-state index in [0.29, 0.717) is 5.58 Å². The van der Waals surface area contributed by atoms with E-state index in [0.717, 1.165) is 36.2 Å². The summed E-state index contributed by atoms with van der Waals surface area (Å²) in [6.07, 6.45) is 3.39. The molecule has 0 aliphatic heterocycles. The fourth-order valence-electron chi connectivity index (χ4n) is 3.16. The van der Waals surface area contributed by atoms with E-state index in [1.807, 2.05) is 54.8 Å². The summed E-state index contributed by atoms with van der Waals surface area (Å²) in [5.41, 5.74) is 6.14. The van der Waals surface area contributed by atoms with Gasteiger partial charge in [0, 0.05) is 33.0 Å². The normalized spacial score (nSPS) is 11.4. The molecular weight excluding hydrogens is 547 g/mol. The van der Waals surface area contributed by atoms with Crippen LogP contribution in [-0.2, 0) is 0 Å². The van der Waals surface area contributed by atoms with Crippen molar-refractivity contribution in [3.63, 3.8) is 0 Å². The van der Waals surface area contributed by atoms with Gasteiger partial charge in [-0.2, -0.15) is 5.10 Å². The Morgan fingerprint density at radius 3 is 2.86 bits per heavy atom. The summed E-state index contributed by atoms with van der Waals surface area (Å²) in [6, 6.07) is 13.3. The second kappa shape index (κ2) is 8.11. The average molecular weight is 563 g/mol. The second-order valence-corrected chi connectivity index (χ2v) is 8.54. The molecule has 0 radical (unpaired) electrons. The van der Waals surface area contributed by atoms with Gasteiger partial charge in [-0.3, -0.25) is 4.79 Å². The number of aryl methyl sites for hydroxylation is 1. The number of furan rings is 1. The molecule has 1 aromatic carbocycles. The first-order chi connectivity index (χ1) is 13.9. The van der Waals surface area contributed by atoms with E-state index in [9.17, 15) is 4.79 Å². The molecule has 6 nitrogen and oxygen atoms in total. The number of hydrazone groups is 1. The lowest BCUT2D eigenvalue weighted by atomic mass is 10.2. The van der Waals surface area contributed by atoms with Gasteiger partial charge in [-0.15, -0.1) is 0 Å². The monoisotopic (exact) mass is 562 g/mol. The Bertz CT molecular complexity index is 1240. The van der Waals surface area contributed by atoms with E-state index in [4.69, 9.17) is 4.42 Å². The van der Waals surface area contributed by atoms with Crippen LogP contribution >= 0.6 is 38.5 Å². The summed E-state index contributed by atoms with van der Waals surface area (Å²) >= 11 is 5.63. The molecule has 0 atom stereocenters. The van der Waals surface area contributed by atoms with Crippen molar-refractivity contribution in [1.82, 2.24) is 15.0 Å². The first-order valence-electron chi connectivity index (χ1n) is 8.76. The third-order valence-corrected chi connectivity index (χ3v) is 5.74. The minimum Gasteiger partial charge on any atom is -0.450 e. The number of nitrogens with one attached hydrogen (secondary N) is 1. The number of rotatable bonds is 4. The maximum atomic E-state index is 12.4. The number of pyridine rings is 1. The third kappa shape index (κ3) is 3.99. The van der Waals surface area contributed by atoms with Crippen molar-refractivity contribution in [2.24, 2.45) is 5.10 Å². The standard InChI is InChI=1S/C21H16BrIN4O2/c1-12-7-15(13(2)27(12)19-5-3-4-6-24-19)11-25-26-21(28)18-9-14-8-16(22)10-17(23)20(14)29-18/h3-11H,1-2H3,(H,26,28)/b25-11-. The van der Waals surface area contributed by atoms with E-state index in [1.54, 1.807) is 18.5 Å². The number of amides is 1. The van der Waals surface area contributed by atoms with Crippen LogP contribution in [0.1, 0.15) is 27.5 Å². The van der Waals surface area contributed by atoms with Crippen molar-refractivity contribution in [2.75, 3.05) is 0 Å². The number of nitrogens with zero attached hydrogens (tertiary/aromatic N) is 3. The molecule has 3 heterocycles. The molecule has 4 aromatic rings. The van der Waals surface area contributed by atoms with E-state index < -0.39 is 5.91 Å². The fourth-order valence-corrected chi connectivity index (χ4v) is 4.82. The van der Waals surface area contributed by atoms with E-state index in [2.05, 4.69) is 54.0 Å². The molecule has 146 valence electrons. The van der Waals surface area contributed by atoms with Gasteiger partial charge in [-0.05, 0) is 72.8 Å². The summed E-state index contributed by atoms with van der Waals surface area (Å²) < 4.78 is 9.60. The minimum atomic E-state index is -0.400. The molecule has 0 saturated heterocycles. The third-order valence-electron chi connectivity index (χ3n) is 4.48. The Morgan fingerprint density at radius 1 is 1.28 bits per heavy atom. The smallest absolute Gasteiger partial charge is 0.307 e. The first kappa shape index (κ1) is 19.8. The Balaban J connectivity index is 1.54. The van der Waals surface area contributed by atoms with Gasteiger partial charge in [0.25, 0.3) is 0 Å². The zero-order valence-corrected chi connectivity index (χ0v) is 19.4. The molecule has 0 aliphatic carbocycles. The number of halogens is 2. The van der Waals surface area contributed by atoms with Gasteiger partial charge in [0.2, 0.25) is 0 Å². The van der Waals surface area contributed by atoms with Gasteiger partial charge in [-0.25, -0.2) is 10.4 Å². The molecule has 0 bridgehead atoms. The summed E-state index contributed by atoms with van der Waals surface area (Å²) in [5.74, 6) is 0.657. The molecule has 1 N–H and O–H groups in total. The van der Waals surface area contributed by atoms with Gasteiger partial charge >= 0.3 is 5.91 Å². The summed E-state index contributed by atoms with van der Waals surface area (Å²) in [5, 5.41) is 4.97. The second-order valence-electron chi connectivity index (χ2n) is 6.47. The lowest BCUT2D eigenvalue weighted by molar-refractivity contribution is 0.0929. The topological polar surface area (TPSA) is 72.4 Å². The molecule has 3 aromatic heterocycles. The summed E-state index contributed by atoms with van der Waals surface area (Å²) in [7, 11) is 0. The van der Waals surface area contributed by atoms with Gasteiger partial charge in [0.15, 0.2) is 5.76 Å². The summed E-state index contributed by atoms with van der Waals surface area (Å²) in [6.45, 7) is 4.00. The van der Waals surface area contributed by atoms with Crippen LogP contribution in [0.4, 0.5) is 0 Å². The molecule has 29 heavy (non-hydrogen) atoms. The first-order valence-corrected chi connectivity index (χ1v) is 10.6. The van der Waals surface area contributed by atoms with E-state index in [1.165, 1.54) is 0 Å². The molecule has 0 aliphatic rings. The van der Waals surface area contributed by atoms with Gasteiger partial charge in [0.05, 0.1) is 9.78 Å². The molecule has 0 spiro atoms. The van der Waals surface area contributed by atoms with Gasteiger partial charge in [0.1, 0.15) is 11.4 Å². The highest BCUT2D eigenvalue weighted by Crippen LogP contribution is 2.28. The highest BCUT2D eigenvalue weighted by atomic mass is 127. The van der Waals surface area contributed by atoms with E-state index >= 15 is 0 Å². The molecule has 0 unspecified atom stereocenters. The maximum Gasteiger partial charge on any atom is 0.307 e. The van der Waals surface area contributed by atoms with Gasteiger partial charge < -0.3 is 8.98 Å². The summed E-state index contributed by atoms with van der Waals surface area (Å²) in [4.78, 5) is 16.8. The highest BCUT2D eigenvalue weighted by molar-refractivity contribution is 14.1. The SMILES string of the molecule is Cc1cc(/C=N\NC(=O)c2cc3cc(Br)cc(I)c3o2)c(C)n1-c1ccccn1. The number of benzene rings is 1. The molecule has 4 rings (SSSR count). The number of aromatic nitrogens is 2. The molecule has 8 heteroatoms. The number of hydrogen-bond donors (Lipinski definition) is 1. The molecule has 0 saturated carbocycles. The number of carbonyl (C=O) groups excluding carboxylic acids is 1. The van der Waals surface area contributed by atoms with Crippen LogP contribution in [0, 0.1) is 17.4 Å². The predicted molar refractivity (Wildman–Crippen MR) is 125 cm³/mol. The van der Waals surface area contributed by atoms with Crippen LogP contribution in [-0.4, -0.2) is 21.7 Å². The maximum absolute atomic E-state index is 12.4. The largest absolute Gasteiger partial charge is 0.450 e. The number of hydrogen-bond acceptors (Lipinski definition) is 4. The van der Waals surface area contributed by atoms with Crippen molar-refractivity contribution in [3.05, 3.63) is 79.4 Å². The Labute approximate surface area is 189 Å². The van der Waals surface area contributed by atoms with Crippen molar-refractivity contribution in [3.8, 4) is 5.82 Å². The Kier molecular flexibility index (Phi) is 5.55. The number of fused-ring (bicyclic) bond motifs is 1. The van der Waals surface area contributed by atoms with Crippen molar-refractivity contribution in [2.45, 2.75) is 13.8 Å². The Hall–Kier alpha value is -2.46. The zero-order chi connectivity index (χ0) is 20.5. The zero-order valence-electron chi connectivity index (χ0n) is 15.6. The van der Waals surface area contributed by atoms with Crippen LogP contribution in [0.5, 0.6) is 0 Å². The van der Waals surface area contributed by atoms with Gasteiger partial charge in [-0.1, -0.05) is 22.0 Å². The van der Waals surface area contributed by atoms with Crippen LogP contribution in [0.25, 0.3) is 16.8 Å². The molecule has 0 fully saturated rings. The lowest BCUT2D eigenvalue weighted by Crippen LogP contribution is -2.16. The number of carbonyl (C=O) groups is 1. The van der Waals surface area contributed by atoms with Crippen LogP contribution < -0.4 is 5.43 Å². The van der Waals surface area contributed by atoms with Crippen molar-refractivity contribution >= 4 is 61.6 Å². The van der Waals surface area contributed by atoms with Crippen molar-refractivity contribution < 1.29 is 9.21 Å². The van der Waals surface area contributed by atoms with Crippen LogP contribution in [0.2, 0.25) is 0 Å². The minimum absolute atomic E-state index is 0.215. The highest BCUT2D eigenvalue weighted by Gasteiger charge is 2.14. The van der Waals surface area contributed by atoms with Crippen LogP contribution in [0.15, 0.2) is 62.7 Å².